The number of aliphatic hydroxyl groups is 1. The molecule has 3 aliphatic rings. The van der Waals surface area contributed by atoms with Gasteiger partial charge in [-0.15, -0.1) is 0 Å². The molecule has 4 rings (SSSR count). The molecule has 138 valence electrons. The number of ether oxygens (including phenoxy) is 1. The average Bonchev–Trinajstić information content (AvgIpc) is 3.10. The van der Waals surface area contributed by atoms with Gasteiger partial charge >= 0.3 is 0 Å². The summed E-state index contributed by atoms with van der Waals surface area (Å²) < 4.78 is 5.43. The van der Waals surface area contributed by atoms with Gasteiger partial charge in [0.2, 0.25) is 0 Å². The lowest BCUT2D eigenvalue weighted by Gasteiger charge is -2.43. The van der Waals surface area contributed by atoms with E-state index in [0.29, 0.717) is 29.5 Å². The Kier molecular flexibility index (Phi) is 4.94. The molecule has 1 aliphatic carbocycles. The van der Waals surface area contributed by atoms with Gasteiger partial charge in [0.1, 0.15) is 0 Å². The topological polar surface area (TPSA) is 76.8 Å². The number of nitrogens with zero attached hydrogens (tertiary/aromatic N) is 3. The van der Waals surface area contributed by atoms with Crippen LogP contribution >= 0.6 is 0 Å². The fourth-order valence-electron chi connectivity index (χ4n) is 4.78. The van der Waals surface area contributed by atoms with Gasteiger partial charge in [-0.1, -0.05) is 6.07 Å². The number of morpholine rings is 1. The van der Waals surface area contributed by atoms with Gasteiger partial charge in [-0.25, -0.2) is 0 Å². The van der Waals surface area contributed by atoms with E-state index < -0.39 is 0 Å². The number of likely N-dealkylation sites (tertiary alicyclic amines) is 1. The van der Waals surface area contributed by atoms with Gasteiger partial charge < -0.3 is 14.7 Å². The Bertz CT molecular complexity index is 710. The van der Waals surface area contributed by atoms with Crippen LogP contribution in [0.25, 0.3) is 0 Å². The van der Waals surface area contributed by atoms with Crippen molar-refractivity contribution < 1.29 is 14.6 Å². The van der Waals surface area contributed by atoms with Crippen LogP contribution in [-0.2, 0) is 4.74 Å². The minimum atomic E-state index is -0.327. The predicted molar refractivity (Wildman–Crippen MR) is 95.5 cm³/mol. The van der Waals surface area contributed by atoms with Gasteiger partial charge in [-0.3, -0.25) is 9.69 Å². The zero-order chi connectivity index (χ0) is 18.1. The molecule has 1 N–H and O–H groups in total. The molecule has 6 nitrogen and oxygen atoms in total. The number of benzene rings is 1. The summed E-state index contributed by atoms with van der Waals surface area (Å²) in [5, 5.41) is 19.7. The molecule has 2 saturated heterocycles. The minimum absolute atomic E-state index is 0.00564. The van der Waals surface area contributed by atoms with Gasteiger partial charge in [0, 0.05) is 37.8 Å². The monoisotopic (exact) mass is 355 g/mol. The summed E-state index contributed by atoms with van der Waals surface area (Å²) in [6.07, 6.45) is 1.37. The third-order valence-electron chi connectivity index (χ3n) is 6.15. The van der Waals surface area contributed by atoms with E-state index in [-0.39, 0.29) is 18.1 Å². The number of aliphatic hydroxyl groups excluding tert-OH is 1. The van der Waals surface area contributed by atoms with E-state index in [1.54, 1.807) is 24.3 Å². The second kappa shape index (κ2) is 7.36. The first kappa shape index (κ1) is 17.5. The average molecular weight is 355 g/mol. The molecule has 1 saturated carbocycles. The van der Waals surface area contributed by atoms with Crippen molar-refractivity contribution in [2.45, 2.75) is 25.0 Å². The molecule has 0 unspecified atom stereocenters. The quantitative estimate of drug-likeness (QED) is 0.860. The Hall–Kier alpha value is -1.94. The van der Waals surface area contributed by atoms with Crippen LogP contribution in [0.1, 0.15) is 28.8 Å². The highest BCUT2D eigenvalue weighted by Crippen LogP contribution is 2.39. The molecule has 3 fully saturated rings. The fraction of sp³-hybridized carbons (Fsp3) is 0.600. The number of carbonyl (C=O) groups excluding carboxylic acids is 1. The third-order valence-corrected chi connectivity index (χ3v) is 6.15. The van der Waals surface area contributed by atoms with Crippen molar-refractivity contribution in [2.75, 3.05) is 39.4 Å². The number of amides is 1. The Labute approximate surface area is 154 Å². The summed E-state index contributed by atoms with van der Waals surface area (Å²) in [5.41, 5.74) is 1.09. The summed E-state index contributed by atoms with van der Waals surface area (Å²) in [7, 11) is 0. The minimum Gasteiger partial charge on any atom is -0.391 e. The number of carbonyl (C=O) groups is 1. The van der Waals surface area contributed by atoms with E-state index in [1.807, 2.05) is 4.90 Å². The molecule has 1 amide bonds. The van der Waals surface area contributed by atoms with Crippen LogP contribution < -0.4 is 0 Å². The van der Waals surface area contributed by atoms with Crippen molar-refractivity contribution in [3.63, 3.8) is 0 Å². The zero-order valence-corrected chi connectivity index (χ0v) is 14.9. The lowest BCUT2D eigenvalue weighted by atomic mass is 9.77. The van der Waals surface area contributed by atoms with Gasteiger partial charge in [0.25, 0.3) is 5.91 Å². The predicted octanol–water partition coefficient (Wildman–Crippen LogP) is 1.10. The van der Waals surface area contributed by atoms with E-state index in [9.17, 15) is 9.90 Å². The highest BCUT2D eigenvalue weighted by atomic mass is 16.5. The Morgan fingerprint density at radius 1 is 1.19 bits per heavy atom. The third kappa shape index (κ3) is 3.35. The molecule has 0 radical (unpaired) electrons. The molecule has 2 heterocycles. The van der Waals surface area contributed by atoms with Crippen molar-refractivity contribution >= 4 is 5.91 Å². The van der Waals surface area contributed by atoms with E-state index in [0.717, 1.165) is 45.7 Å². The van der Waals surface area contributed by atoms with Crippen molar-refractivity contribution in [1.29, 1.82) is 5.26 Å². The van der Waals surface area contributed by atoms with E-state index in [1.165, 1.54) is 0 Å². The first-order chi connectivity index (χ1) is 12.7. The number of hydrogen-bond acceptors (Lipinski definition) is 5. The smallest absolute Gasteiger partial charge is 0.253 e. The van der Waals surface area contributed by atoms with Crippen molar-refractivity contribution in [1.82, 2.24) is 9.80 Å². The van der Waals surface area contributed by atoms with E-state index in [4.69, 9.17) is 10.00 Å². The maximum absolute atomic E-state index is 12.9. The van der Waals surface area contributed by atoms with Gasteiger partial charge in [-0.2, -0.15) is 5.26 Å². The second-order valence-corrected chi connectivity index (χ2v) is 7.68. The zero-order valence-electron chi connectivity index (χ0n) is 14.9. The van der Waals surface area contributed by atoms with Crippen molar-refractivity contribution in [2.24, 2.45) is 11.8 Å². The van der Waals surface area contributed by atoms with E-state index >= 15 is 0 Å². The number of fused-ring (bicyclic) bond motifs is 1. The molecule has 0 spiro atoms. The molecule has 0 bridgehead atoms. The number of rotatable bonds is 2. The van der Waals surface area contributed by atoms with Crippen molar-refractivity contribution in [3.05, 3.63) is 35.4 Å². The largest absolute Gasteiger partial charge is 0.391 e. The van der Waals surface area contributed by atoms with Gasteiger partial charge in [0.15, 0.2) is 0 Å². The highest BCUT2D eigenvalue weighted by Gasteiger charge is 2.44. The van der Waals surface area contributed by atoms with Crippen LogP contribution in [-0.4, -0.2) is 72.4 Å². The molecule has 0 aromatic heterocycles. The standard InChI is InChI=1S/C20H25N3O3/c21-11-14-2-1-3-15(8-14)20(25)23-12-16-9-18(19(24)10-17(16)13-23)22-4-6-26-7-5-22/h1-3,8,16-19,24H,4-7,9-10,12-13H2/t16-,17+,18-,19-/m1/s1. The molecule has 2 aliphatic heterocycles. The summed E-state index contributed by atoms with van der Waals surface area (Å²) in [6, 6.07) is 9.17. The SMILES string of the molecule is N#Cc1cccc(C(=O)N2C[C@H]3C[C@@H](N4CCOCC4)[C@H](O)C[C@H]3C2)c1. The Balaban J connectivity index is 1.44. The first-order valence-electron chi connectivity index (χ1n) is 9.45. The van der Waals surface area contributed by atoms with E-state index in [2.05, 4.69) is 11.0 Å². The van der Waals surface area contributed by atoms with Crippen LogP contribution in [0.5, 0.6) is 0 Å². The molecule has 6 heteroatoms. The Morgan fingerprint density at radius 2 is 1.92 bits per heavy atom. The molecular weight excluding hydrogens is 330 g/mol. The molecular formula is C20H25N3O3. The normalized spacial score (nSPS) is 32.1. The summed E-state index contributed by atoms with van der Waals surface area (Å²) in [5.74, 6) is 0.800. The van der Waals surface area contributed by atoms with Crippen LogP contribution in [0.15, 0.2) is 24.3 Å². The molecule has 26 heavy (non-hydrogen) atoms. The van der Waals surface area contributed by atoms with Crippen LogP contribution in [0.2, 0.25) is 0 Å². The van der Waals surface area contributed by atoms with Crippen LogP contribution in [0.4, 0.5) is 0 Å². The van der Waals surface area contributed by atoms with Gasteiger partial charge in [0.05, 0.1) is 31.0 Å². The fourth-order valence-corrected chi connectivity index (χ4v) is 4.78. The lowest BCUT2D eigenvalue weighted by molar-refractivity contribution is -0.0520. The summed E-state index contributed by atoms with van der Waals surface area (Å²) in [6.45, 7) is 4.67. The maximum atomic E-state index is 12.9. The maximum Gasteiger partial charge on any atom is 0.253 e. The summed E-state index contributed by atoms with van der Waals surface area (Å²) >= 11 is 0. The number of hydrogen-bond donors (Lipinski definition) is 1. The van der Waals surface area contributed by atoms with Gasteiger partial charge in [-0.05, 0) is 42.9 Å². The number of nitriles is 1. The van der Waals surface area contributed by atoms with Crippen LogP contribution in [0.3, 0.4) is 0 Å². The van der Waals surface area contributed by atoms with Crippen molar-refractivity contribution in [3.8, 4) is 6.07 Å². The second-order valence-electron chi connectivity index (χ2n) is 7.68. The molecule has 1 aromatic carbocycles. The lowest BCUT2D eigenvalue weighted by Crippen LogP contribution is -2.53. The highest BCUT2D eigenvalue weighted by molar-refractivity contribution is 5.94. The first-order valence-corrected chi connectivity index (χ1v) is 9.45. The summed E-state index contributed by atoms with van der Waals surface area (Å²) in [4.78, 5) is 17.1. The molecule has 4 atom stereocenters. The van der Waals surface area contributed by atoms with Crippen LogP contribution in [0, 0.1) is 23.2 Å². The molecule has 1 aromatic rings. The Morgan fingerprint density at radius 3 is 2.65 bits per heavy atom.